The summed E-state index contributed by atoms with van der Waals surface area (Å²) < 4.78 is 1.18. The molecule has 1 aromatic heterocycles. The largest absolute Gasteiger partial charge is 0.143 e. The molecule has 1 aliphatic carbocycles. The predicted octanol–water partition coefficient (Wildman–Crippen LogP) is 5.15. The highest BCUT2D eigenvalue weighted by molar-refractivity contribution is 9.10. The minimum Gasteiger partial charge on any atom is -0.143 e. The number of alkyl halides is 1. The number of rotatable bonds is 2. The van der Waals surface area contributed by atoms with Gasteiger partial charge >= 0.3 is 0 Å². The van der Waals surface area contributed by atoms with Gasteiger partial charge in [-0.25, -0.2) is 0 Å². The zero-order valence-corrected chi connectivity index (χ0v) is 11.8. The van der Waals surface area contributed by atoms with Gasteiger partial charge in [0.15, 0.2) is 0 Å². The quantitative estimate of drug-likeness (QED) is 0.662. The van der Waals surface area contributed by atoms with Gasteiger partial charge in [-0.2, -0.15) is 0 Å². The molecule has 0 nitrogen and oxygen atoms in total. The van der Waals surface area contributed by atoms with Crippen molar-refractivity contribution in [2.75, 3.05) is 0 Å². The average Bonchev–Trinajstić information content (AvgIpc) is 2.55. The van der Waals surface area contributed by atoms with Gasteiger partial charge in [0.25, 0.3) is 0 Å². The molecule has 0 aliphatic heterocycles. The molecule has 1 heterocycles. The lowest BCUT2D eigenvalue weighted by atomic mass is 10.1. The van der Waals surface area contributed by atoms with Crippen molar-refractivity contribution in [3.05, 3.63) is 20.3 Å². The van der Waals surface area contributed by atoms with Gasteiger partial charge in [-0.1, -0.05) is 13.8 Å². The fourth-order valence-electron chi connectivity index (χ4n) is 1.88. The van der Waals surface area contributed by atoms with Gasteiger partial charge in [-0.15, -0.1) is 22.9 Å². The fourth-order valence-corrected chi connectivity index (χ4v) is 4.63. The molecule has 0 amide bonds. The van der Waals surface area contributed by atoms with E-state index in [2.05, 4.69) is 42.8 Å². The van der Waals surface area contributed by atoms with Crippen molar-refractivity contribution in [2.45, 2.75) is 32.6 Å². The van der Waals surface area contributed by atoms with Crippen LogP contribution in [0.15, 0.2) is 10.5 Å². The summed E-state index contributed by atoms with van der Waals surface area (Å²) in [5, 5.41) is 0.193. The van der Waals surface area contributed by atoms with Crippen molar-refractivity contribution in [2.24, 2.45) is 11.3 Å². The van der Waals surface area contributed by atoms with Crippen LogP contribution in [-0.2, 0) is 0 Å². The molecule has 78 valence electrons. The molecule has 1 aliphatic rings. The van der Waals surface area contributed by atoms with E-state index < -0.39 is 0 Å². The molecular weight excluding hydrogens is 280 g/mol. The van der Waals surface area contributed by atoms with Crippen molar-refractivity contribution in [1.82, 2.24) is 0 Å². The summed E-state index contributed by atoms with van der Waals surface area (Å²) in [4.78, 5) is 2.63. The molecule has 0 bridgehead atoms. The molecule has 0 N–H and O–H groups in total. The van der Waals surface area contributed by atoms with Crippen molar-refractivity contribution in [3.8, 4) is 0 Å². The van der Waals surface area contributed by atoms with Crippen LogP contribution in [-0.4, -0.2) is 0 Å². The minimum absolute atomic E-state index is 0.193. The Balaban J connectivity index is 2.20. The lowest BCUT2D eigenvalue weighted by Gasteiger charge is -2.09. The minimum atomic E-state index is 0.193. The highest BCUT2D eigenvalue weighted by Gasteiger charge is 2.50. The summed E-state index contributed by atoms with van der Waals surface area (Å²) in [6.07, 6.45) is 1.25. The van der Waals surface area contributed by atoms with Crippen molar-refractivity contribution >= 4 is 38.9 Å². The first-order valence-corrected chi connectivity index (χ1v) is 6.86. The molecule has 1 fully saturated rings. The summed E-state index contributed by atoms with van der Waals surface area (Å²) in [5.41, 5.74) is 0.448. The number of hydrogen-bond donors (Lipinski definition) is 0. The van der Waals surface area contributed by atoms with Gasteiger partial charge in [0.2, 0.25) is 0 Å². The van der Waals surface area contributed by atoms with E-state index in [1.165, 1.54) is 20.6 Å². The van der Waals surface area contributed by atoms with Gasteiger partial charge in [0, 0.05) is 14.2 Å². The molecule has 0 aromatic carbocycles. The topological polar surface area (TPSA) is 0 Å². The standard InChI is InChI=1S/C11H14BrClS/c1-6-4-8(12)10(14-6)9(13)7-5-11(7,2)3/h4,7,9H,5H2,1-3H3. The van der Waals surface area contributed by atoms with Crippen molar-refractivity contribution in [3.63, 3.8) is 0 Å². The van der Waals surface area contributed by atoms with Crippen LogP contribution in [0, 0.1) is 18.3 Å². The first kappa shape index (κ1) is 11.0. The Bertz CT molecular complexity index is 356. The van der Waals surface area contributed by atoms with Crippen LogP contribution in [0.1, 0.15) is 35.4 Å². The molecule has 3 heteroatoms. The lowest BCUT2D eigenvalue weighted by molar-refractivity contribution is 0.550. The van der Waals surface area contributed by atoms with Crippen LogP contribution in [0.2, 0.25) is 0 Å². The Morgan fingerprint density at radius 3 is 2.57 bits per heavy atom. The molecule has 0 radical (unpaired) electrons. The van der Waals surface area contributed by atoms with E-state index in [9.17, 15) is 0 Å². The maximum Gasteiger partial charge on any atom is 0.0723 e. The number of thiophene rings is 1. The first-order chi connectivity index (χ1) is 6.42. The Morgan fingerprint density at radius 2 is 2.21 bits per heavy atom. The molecule has 14 heavy (non-hydrogen) atoms. The Kier molecular flexibility index (Phi) is 2.74. The molecule has 2 unspecified atom stereocenters. The summed E-state index contributed by atoms with van der Waals surface area (Å²) in [5.74, 6) is 0.651. The van der Waals surface area contributed by atoms with E-state index >= 15 is 0 Å². The second-order valence-corrected chi connectivity index (χ2v) is 7.38. The van der Waals surface area contributed by atoms with Gasteiger partial charge in [0.05, 0.1) is 5.38 Å². The second-order valence-electron chi connectivity index (χ2n) is 4.77. The zero-order chi connectivity index (χ0) is 10.5. The molecule has 1 aromatic rings. The third kappa shape index (κ3) is 1.89. The summed E-state index contributed by atoms with van der Waals surface area (Å²) >= 11 is 11.9. The molecule has 2 rings (SSSR count). The summed E-state index contributed by atoms with van der Waals surface area (Å²) in [7, 11) is 0. The van der Waals surface area contributed by atoms with E-state index in [1.807, 2.05) is 11.3 Å². The third-order valence-corrected chi connectivity index (χ3v) is 5.73. The van der Waals surface area contributed by atoms with Crippen LogP contribution >= 0.6 is 38.9 Å². The normalized spacial score (nSPS) is 26.2. The molecule has 0 saturated heterocycles. The molecule has 2 atom stereocenters. The van der Waals surface area contributed by atoms with Gasteiger partial charge in [-0.05, 0) is 46.7 Å². The number of aryl methyl sites for hydroxylation is 1. The van der Waals surface area contributed by atoms with Gasteiger partial charge in [-0.3, -0.25) is 0 Å². The smallest absolute Gasteiger partial charge is 0.0723 e. The number of hydrogen-bond acceptors (Lipinski definition) is 1. The maximum absolute atomic E-state index is 6.49. The summed E-state index contributed by atoms with van der Waals surface area (Å²) in [6.45, 7) is 6.71. The Hall–Kier alpha value is 0.470. The van der Waals surface area contributed by atoms with E-state index in [4.69, 9.17) is 11.6 Å². The van der Waals surface area contributed by atoms with Crippen molar-refractivity contribution < 1.29 is 0 Å². The fraction of sp³-hybridized carbons (Fsp3) is 0.636. The summed E-state index contributed by atoms with van der Waals surface area (Å²) in [6, 6.07) is 2.16. The third-order valence-electron chi connectivity index (χ3n) is 3.03. The van der Waals surface area contributed by atoms with Crippen molar-refractivity contribution in [1.29, 1.82) is 0 Å². The predicted molar refractivity (Wildman–Crippen MR) is 67.2 cm³/mol. The molecular formula is C11H14BrClS. The highest BCUT2D eigenvalue weighted by atomic mass is 79.9. The number of halogens is 2. The first-order valence-electron chi connectivity index (χ1n) is 4.82. The Morgan fingerprint density at radius 1 is 1.64 bits per heavy atom. The van der Waals surface area contributed by atoms with E-state index in [1.54, 1.807) is 0 Å². The van der Waals surface area contributed by atoms with Gasteiger partial charge in [0.1, 0.15) is 0 Å². The van der Waals surface area contributed by atoms with Crippen LogP contribution < -0.4 is 0 Å². The Labute approximate surface area is 103 Å². The van der Waals surface area contributed by atoms with E-state index in [0.29, 0.717) is 11.3 Å². The van der Waals surface area contributed by atoms with E-state index in [0.717, 1.165) is 0 Å². The average molecular weight is 294 g/mol. The van der Waals surface area contributed by atoms with E-state index in [-0.39, 0.29) is 5.38 Å². The zero-order valence-electron chi connectivity index (χ0n) is 8.60. The van der Waals surface area contributed by atoms with Gasteiger partial charge < -0.3 is 0 Å². The van der Waals surface area contributed by atoms with Crippen LogP contribution in [0.4, 0.5) is 0 Å². The second kappa shape index (κ2) is 3.50. The molecule has 0 spiro atoms. The van der Waals surface area contributed by atoms with Crippen LogP contribution in [0.25, 0.3) is 0 Å². The monoisotopic (exact) mass is 292 g/mol. The SMILES string of the molecule is Cc1cc(Br)c(C(Cl)C2CC2(C)C)s1. The lowest BCUT2D eigenvalue weighted by Crippen LogP contribution is -1.97. The van der Waals surface area contributed by atoms with Crippen LogP contribution in [0.5, 0.6) is 0 Å². The van der Waals surface area contributed by atoms with Crippen LogP contribution in [0.3, 0.4) is 0 Å². The molecule has 1 saturated carbocycles. The highest BCUT2D eigenvalue weighted by Crippen LogP contribution is 2.61. The maximum atomic E-state index is 6.49.